The van der Waals surface area contributed by atoms with E-state index in [4.69, 9.17) is 16.3 Å². The molecule has 1 aromatic carbocycles. The van der Waals surface area contributed by atoms with Crippen molar-refractivity contribution in [1.29, 1.82) is 0 Å². The minimum atomic E-state index is -3.79. The zero-order chi connectivity index (χ0) is 20.5. The Morgan fingerprint density at radius 1 is 1.32 bits per heavy atom. The lowest BCUT2D eigenvalue weighted by Gasteiger charge is -2.31. The molecule has 2 amide bonds. The third kappa shape index (κ3) is 4.00. The van der Waals surface area contributed by atoms with Crippen LogP contribution in [0.1, 0.15) is 36.5 Å². The van der Waals surface area contributed by atoms with Gasteiger partial charge in [-0.05, 0) is 38.0 Å². The van der Waals surface area contributed by atoms with Crippen molar-refractivity contribution in [2.75, 3.05) is 29.8 Å². The first-order valence-corrected chi connectivity index (χ1v) is 11.0. The van der Waals surface area contributed by atoms with E-state index < -0.39 is 15.9 Å². The van der Waals surface area contributed by atoms with E-state index in [0.29, 0.717) is 23.7 Å². The highest BCUT2D eigenvalue weighted by molar-refractivity contribution is 7.94. The van der Waals surface area contributed by atoms with Crippen LogP contribution in [0.5, 0.6) is 0 Å². The number of carbonyl (C=O) groups excluding carboxylic acids is 3. The molecular formula is C18H21ClN2O6S. The van der Waals surface area contributed by atoms with E-state index in [2.05, 4.69) is 0 Å². The number of sulfonamides is 1. The quantitative estimate of drug-likeness (QED) is 0.678. The van der Waals surface area contributed by atoms with Crippen molar-refractivity contribution in [3.05, 3.63) is 28.8 Å². The third-order valence-corrected chi connectivity index (χ3v) is 6.82. The Morgan fingerprint density at radius 2 is 2.07 bits per heavy atom. The Morgan fingerprint density at radius 3 is 2.71 bits per heavy atom. The summed E-state index contributed by atoms with van der Waals surface area (Å²) in [4.78, 5) is 38.5. The van der Waals surface area contributed by atoms with E-state index in [1.807, 2.05) is 0 Å². The SMILES string of the molecule is CCOC(=O)C1CCCN(C(=O)c2ccc(Cl)c(N3C(=O)CCS3(=O)=O)c2)C1. The lowest BCUT2D eigenvalue weighted by atomic mass is 9.97. The molecule has 0 saturated carbocycles. The van der Waals surface area contributed by atoms with Crippen molar-refractivity contribution in [2.45, 2.75) is 26.2 Å². The number of benzene rings is 1. The molecule has 10 heteroatoms. The molecule has 2 heterocycles. The predicted molar refractivity (Wildman–Crippen MR) is 103 cm³/mol. The Kier molecular flexibility index (Phi) is 5.95. The van der Waals surface area contributed by atoms with Crippen LogP contribution >= 0.6 is 11.6 Å². The fraction of sp³-hybridized carbons (Fsp3) is 0.500. The summed E-state index contributed by atoms with van der Waals surface area (Å²) < 4.78 is 30.1. The van der Waals surface area contributed by atoms with Gasteiger partial charge in [0, 0.05) is 25.1 Å². The Hall–Kier alpha value is -2.13. The van der Waals surface area contributed by atoms with Crippen LogP contribution in [0, 0.1) is 5.92 Å². The maximum absolute atomic E-state index is 12.9. The Bertz CT molecular complexity index is 917. The number of ether oxygens (including phenoxy) is 1. The van der Waals surface area contributed by atoms with Crippen molar-refractivity contribution in [1.82, 2.24) is 4.90 Å². The average Bonchev–Trinajstić information content (AvgIpc) is 2.94. The van der Waals surface area contributed by atoms with Gasteiger partial charge >= 0.3 is 5.97 Å². The first-order chi connectivity index (χ1) is 13.2. The van der Waals surface area contributed by atoms with Gasteiger partial charge in [0.2, 0.25) is 15.9 Å². The van der Waals surface area contributed by atoms with E-state index >= 15 is 0 Å². The van der Waals surface area contributed by atoms with Gasteiger partial charge in [0.05, 0.1) is 29.0 Å². The van der Waals surface area contributed by atoms with Gasteiger partial charge in [-0.2, -0.15) is 0 Å². The van der Waals surface area contributed by atoms with Crippen LogP contribution in [0.15, 0.2) is 18.2 Å². The minimum Gasteiger partial charge on any atom is -0.466 e. The molecule has 0 aromatic heterocycles. The highest BCUT2D eigenvalue weighted by Crippen LogP contribution is 2.33. The van der Waals surface area contributed by atoms with Gasteiger partial charge in [0.15, 0.2) is 0 Å². The lowest BCUT2D eigenvalue weighted by molar-refractivity contribution is -0.149. The van der Waals surface area contributed by atoms with E-state index in [0.717, 1.165) is 0 Å². The molecule has 2 aliphatic rings. The molecule has 0 aliphatic carbocycles. The van der Waals surface area contributed by atoms with Crippen molar-refractivity contribution >= 4 is 45.1 Å². The number of amides is 2. The van der Waals surface area contributed by atoms with Gasteiger partial charge in [0.1, 0.15) is 0 Å². The second kappa shape index (κ2) is 8.08. The largest absolute Gasteiger partial charge is 0.466 e. The highest BCUT2D eigenvalue weighted by Gasteiger charge is 2.38. The summed E-state index contributed by atoms with van der Waals surface area (Å²) >= 11 is 6.11. The molecule has 2 aliphatic heterocycles. The van der Waals surface area contributed by atoms with Crippen LogP contribution in [-0.4, -0.2) is 56.6 Å². The van der Waals surface area contributed by atoms with E-state index in [9.17, 15) is 22.8 Å². The maximum atomic E-state index is 12.9. The van der Waals surface area contributed by atoms with Gasteiger partial charge in [-0.3, -0.25) is 14.4 Å². The number of carbonyl (C=O) groups is 3. The molecule has 1 unspecified atom stereocenters. The van der Waals surface area contributed by atoms with Crippen LogP contribution < -0.4 is 4.31 Å². The summed E-state index contributed by atoms with van der Waals surface area (Å²) in [6, 6.07) is 4.20. The van der Waals surface area contributed by atoms with Gasteiger partial charge in [-0.1, -0.05) is 11.6 Å². The summed E-state index contributed by atoms with van der Waals surface area (Å²) in [6.07, 6.45) is 1.19. The summed E-state index contributed by atoms with van der Waals surface area (Å²) in [5.41, 5.74) is 0.188. The fourth-order valence-electron chi connectivity index (χ4n) is 3.45. The molecule has 152 valence electrons. The molecule has 0 spiro atoms. The minimum absolute atomic E-state index is 0.0195. The van der Waals surface area contributed by atoms with Gasteiger partial charge in [0.25, 0.3) is 5.91 Å². The topological polar surface area (TPSA) is 101 Å². The second-order valence-corrected chi connectivity index (χ2v) is 9.08. The van der Waals surface area contributed by atoms with Gasteiger partial charge in [-0.25, -0.2) is 12.7 Å². The molecule has 2 saturated heterocycles. The van der Waals surface area contributed by atoms with Crippen LogP contribution in [-0.2, 0) is 24.3 Å². The van der Waals surface area contributed by atoms with Crippen molar-refractivity contribution in [3.8, 4) is 0 Å². The van der Waals surface area contributed by atoms with Crippen LogP contribution in [0.3, 0.4) is 0 Å². The summed E-state index contributed by atoms with van der Waals surface area (Å²) in [5, 5.41) is 0.0680. The summed E-state index contributed by atoms with van der Waals surface area (Å²) in [7, 11) is -3.79. The molecule has 0 N–H and O–H groups in total. The third-order valence-electron chi connectivity index (χ3n) is 4.82. The second-order valence-electron chi connectivity index (χ2n) is 6.73. The number of anilines is 1. The highest BCUT2D eigenvalue weighted by atomic mass is 35.5. The lowest BCUT2D eigenvalue weighted by Crippen LogP contribution is -2.42. The smallest absolute Gasteiger partial charge is 0.310 e. The number of piperidine rings is 1. The number of hydrogen-bond acceptors (Lipinski definition) is 6. The first kappa shape index (κ1) is 20.6. The van der Waals surface area contributed by atoms with Crippen molar-refractivity contribution in [2.24, 2.45) is 5.92 Å². The molecule has 2 fully saturated rings. The zero-order valence-electron chi connectivity index (χ0n) is 15.4. The monoisotopic (exact) mass is 428 g/mol. The number of hydrogen-bond donors (Lipinski definition) is 0. The normalized spacial score (nSPS) is 21.6. The molecule has 28 heavy (non-hydrogen) atoms. The number of halogens is 1. The standard InChI is InChI=1S/C18H21ClN2O6S/c1-2-27-18(24)13-4-3-8-20(11-13)17(23)12-5-6-14(19)15(10-12)21-16(22)7-9-28(21,25)26/h5-6,10,13H,2-4,7-9,11H2,1H3. The fourth-order valence-corrected chi connectivity index (χ4v) is 5.17. The maximum Gasteiger partial charge on any atom is 0.310 e. The number of likely N-dealkylation sites (tertiary alicyclic amines) is 1. The summed E-state index contributed by atoms with van der Waals surface area (Å²) in [5.74, 6) is -1.92. The Labute approximate surface area is 168 Å². The Balaban J connectivity index is 1.85. The van der Waals surface area contributed by atoms with Crippen molar-refractivity contribution in [3.63, 3.8) is 0 Å². The van der Waals surface area contributed by atoms with Crippen LogP contribution in [0.2, 0.25) is 5.02 Å². The molecule has 1 atom stereocenters. The number of rotatable bonds is 4. The first-order valence-electron chi connectivity index (χ1n) is 9.06. The van der Waals surface area contributed by atoms with E-state index in [1.54, 1.807) is 11.8 Å². The van der Waals surface area contributed by atoms with Gasteiger partial charge < -0.3 is 9.64 Å². The summed E-state index contributed by atoms with van der Waals surface area (Å²) in [6.45, 7) is 2.72. The van der Waals surface area contributed by atoms with E-state index in [-0.39, 0.29) is 59.4 Å². The average molecular weight is 429 g/mol. The number of nitrogens with zero attached hydrogens (tertiary/aromatic N) is 2. The molecule has 8 nitrogen and oxygen atoms in total. The van der Waals surface area contributed by atoms with Crippen LogP contribution in [0.4, 0.5) is 5.69 Å². The molecular weight excluding hydrogens is 408 g/mol. The predicted octanol–water partition coefficient (Wildman–Crippen LogP) is 1.82. The van der Waals surface area contributed by atoms with Crippen LogP contribution in [0.25, 0.3) is 0 Å². The molecule has 3 rings (SSSR count). The van der Waals surface area contributed by atoms with Gasteiger partial charge in [-0.15, -0.1) is 0 Å². The van der Waals surface area contributed by atoms with Crippen molar-refractivity contribution < 1.29 is 27.5 Å². The molecule has 0 radical (unpaired) electrons. The number of esters is 1. The molecule has 0 bridgehead atoms. The zero-order valence-corrected chi connectivity index (χ0v) is 17.0. The molecule has 1 aromatic rings. The van der Waals surface area contributed by atoms with E-state index in [1.165, 1.54) is 18.2 Å².